The molecule has 0 aliphatic heterocycles. The molecule has 1 aliphatic carbocycles. The molecule has 1 saturated carbocycles. The van der Waals surface area contributed by atoms with Crippen molar-refractivity contribution < 1.29 is 14.6 Å². The number of benzene rings is 1. The summed E-state index contributed by atoms with van der Waals surface area (Å²) in [4.78, 5) is 12.1. The second-order valence-corrected chi connectivity index (χ2v) is 5.44. The molecule has 1 aromatic carbocycles. The summed E-state index contributed by atoms with van der Waals surface area (Å²) in [6.07, 6.45) is 4.14. The largest absolute Gasteiger partial charge is 0.468 e. The number of carbonyl (C=O) groups excluding carboxylic acids is 1. The maximum atomic E-state index is 12.1. The Morgan fingerprint density at radius 2 is 1.95 bits per heavy atom. The lowest BCUT2D eigenvalue weighted by Gasteiger charge is -2.36. The monoisotopic (exact) mass is 277 g/mol. The maximum Gasteiger partial charge on any atom is 0.326 e. The number of hydrogen-bond acceptors (Lipinski definition) is 4. The third kappa shape index (κ3) is 3.38. The van der Waals surface area contributed by atoms with Crippen LogP contribution < -0.4 is 5.32 Å². The van der Waals surface area contributed by atoms with Crippen LogP contribution in [0.5, 0.6) is 0 Å². The smallest absolute Gasteiger partial charge is 0.326 e. The summed E-state index contributed by atoms with van der Waals surface area (Å²) < 4.78 is 4.95. The van der Waals surface area contributed by atoms with Gasteiger partial charge in [-0.05, 0) is 18.4 Å². The van der Waals surface area contributed by atoms with Gasteiger partial charge in [0, 0.05) is 6.54 Å². The van der Waals surface area contributed by atoms with Crippen LogP contribution in [0, 0.1) is 0 Å². The topological polar surface area (TPSA) is 58.6 Å². The van der Waals surface area contributed by atoms with Gasteiger partial charge in [0.25, 0.3) is 0 Å². The van der Waals surface area contributed by atoms with E-state index in [0.717, 1.165) is 37.7 Å². The van der Waals surface area contributed by atoms with Crippen LogP contribution >= 0.6 is 0 Å². The predicted molar refractivity (Wildman–Crippen MR) is 77.2 cm³/mol. The minimum atomic E-state index is -0.622. The Hall–Kier alpha value is -1.39. The lowest BCUT2D eigenvalue weighted by Crippen LogP contribution is -2.54. The van der Waals surface area contributed by atoms with Crippen molar-refractivity contribution in [3.8, 4) is 0 Å². The Morgan fingerprint density at radius 1 is 1.30 bits per heavy atom. The molecule has 20 heavy (non-hydrogen) atoms. The van der Waals surface area contributed by atoms with Crippen LogP contribution in [0.3, 0.4) is 0 Å². The van der Waals surface area contributed by atoms with E-state index in [2.05, 4.69) is 5.32 Å². The molecule has 0 aromatic heterocycles. The summed E-state index contributed by atoms with van der Waals surface area (Å²) in [5.41, 5.74) is 0.235. The first kappa shape index (κ1) is 15.0. The fourth-order valence-electron chi connectivity index (χ4n) is 2.89. The molecule has 0 saturated heterocycles. The number of methoxy groups -OCH3 is 1. The molecule has 4 heteroatoms. The molecule has 4 nitrogen and oxygen atoms in total. The molecule has 1 unspecified atom stereocenters. The number of hydrogen-bond donors (Lipinski definition) is 2. The summed E-state index contributed by atoms with van der Waals surface area (Å²) in [5, 5.41) is 13.5. The Balaban J connectivity index is 2.00. The highest BCUT2D eigenvalue weighted by molar-refractivity contribution is 5.80. The van der Waals surface area contributed by atoms with Crippen molar-refractivity contribution in [3.63, 3.8) is 0 Å². The fourth-order valence-corrected chi connectivity index (χ4v) is 2.89. The zero-order chi connectivity index (χ0) is 14.4. The molecule has 110 valence electrons. The van der Waals surface area contributed by atoms with Crippen molar-refractivity contribution in [3.05, 3.63) is 35.9 Å². The molecule has 0 spiro atoms. The van der Waals surface area contributed by atoms with E-state index >= 15 is 0 Å². The zero-order valence-corrected chi connectivity index (χ0v) is 12.0. The molecule has 0 radical (unpaired) electrons. The van der Waals surface area contributed by atoms with Crippen LogP contribution in [-0.4, -0.2) is 30.3 Å². The van der Waals surface area contributed by atoms with E-state index in [1.165, 1.54) is 7.11 Å². The summed E-state index contributed by atoms with van der Waals surface area (Å²) in [5.74, 6) is -0.211. The van der Waals surface area contributed by atoms with E-state index in [1.807, 2.05) is 30.3 Å². The highest BCUT2D eigenvalue weighted by atomic mass is 16.5. The first-order valence-corrected chi connectivity index (χ1v) is 7.24. The van der Waals surface area contributed by atoms with Gasteiger partial charge in [-0.15, -0.1) is 0 Å². The van der Waals surface area contributed by atoms with Gasteiger partial charge in [0.2, 0.25) is 0 Å². The molecule has 2 N–H and O–H groups in total. The van der Waals surface area contributed by atoms with Gasteiger partial charge in [0.1, 0.15) is 5.54 Å². The van der Waals surface area contributed by atoms with Gasteiger partial charge in [-0.2, -0.15) is 0 Å². The van der Waals surface area contributed by atoms with Gasteiger partial charge in [-0.1, -0.05) is 49.6 Å². The van der Waals surface area contributed by atoms with Crippen molar-refractivity contribution in [1.29, 1.82) is 0 Å². The van der Waals surface area contributed by atoms with E-state index in [-0.39, 0.29) is 5.97 Å². The molecule has 2 rings (SSSR count). The molecular weight excluding hydrogens is 254 g/mol. The lowest BCUT2D eigenvalue weighted by atomic mass is 9.81. The molecule has 1 aliphatic rings. The standard InChI is InChI=1S/C16H23NO3/c1-20-15(19)16(10-6-3-7-11-16)17-12-14(18)13-8-4-2-5-9-13/h2,4-5,8-9,14,17-18H,3,6-7,10-12H2,1H3. The number of rotatable bonds is 5. The van der Waals surface area contributed by atoms with Crippen LogP contribution in [-0.2, 0) is 9.53 Å². The van der Waals surface area contributed by atoms with Crippen LogP contribution in [0.15, 0.2) is 30.3 Å². The highest BCUT2D eigenvalue weighted by Crippen LogP contribution is 2.29. The summed E-state index contributed by atoms with van der Waals surface area (Å²) >= 11 is 0. The van der Waals surface area contributed by atoms with Crippen molar-refractivity contribution in [2.24, 2.45) is 0 Å². The third-order valence-electron chi connectivity index (χ3n) is 4.10. The quantitative estimate of drug-likeness (QED) is 0.810. The third-order valence-corrected chi connectivity index (χ3v) is 4.10. The van der Waals surface area contributed by atoms with Gasteiger partial charge in [-0.25, -0.2) is 0 Å². The van der Waals surface area contributed by atoms with Gasteiger partial charge in [0.05, 0.1) is 13.2 Å². The lowest BCUT2D eigenvalue weighted by molar-refractivity contribution is -0.150. The van der Waals surface area contributed by atoms with E-state index in [0.29, 0.717) is 6.54 Å². The Bertz CT molecular complexity index is 427. The van der Waals surface area contributed by atoms with Crippen LogP contribution in [0.4, 0.5) is 0 Å². The molecule has 1 aromatic rings. The van der Waals surface area contributed by atoms with E-state index in [9.17, 15) is 9.90 Å². The summed E-state index contributed by atoms with van der Waals surface area (Å²) in [6, 6.07) is 9.49. The first-order valence-electron chi connectivity index (χ1n) is 7.24. The summed E-state index contributed by atoms with van der Waals surface area (Å²) in [7, 11) is 1.42. The average molecular weight is 277 g/mol. The fraction of sp³-hybridized carbons (Fsp3) is 0.562. The van der Waals surface area contributed by atoms with Gasteiger partial charge < -0.3 is 9.84 Å². The van der Waals surface area contributed by atoms with Crippen LogP contribution in [0.1, 0.15) is 43.8 Å². The molecule has 1 fully saturated rings. The second kappa shape index (κ2) is 6.86. The van der Waals surface area contributed by atoms with Crippen molar-refractivity contribution in [2.75, 3.05) is 13.7 Å². The highest BCUT2D eigenvalue weighted by Gasteiger charge is 2.40. The number of nitrogens with one attached hydrogen (secondary N) is 1. The average Bonchev–Trinajstić information content (AvgIpc) is 2.53. The number of β-amino-alcohol motifs (C(OH)–C–C–N with tert-alkyl or cyclic N) is 1. The van der Waals surface area contributed by atoms with Crippen molar-refractivity contribution >= 4 is 5.97 Å². The SMILES string of the molecule is COC(=O)C1(NCC(O)c2ccccc2)CCCCC1. The van der Waals surface area contributed by atoms with E-state index < -0.39 is 11.6 Å². The molecule has 0 bridgehead atoms. The minimum absolute atomic E-state index is 0.211. The molecule has 1 atom stereocenters. The molecular formula is C16H23NO3. The number of carbonyl (C=O) groups is 1. The van der Waals surface area contributed by atoms with Crippen molar-refractivity contribution in [2.45, 2.75) is 43.7 Å². The van der Waals surface area contributed by atoms with Gasteiger partial charge in [0.15, 0.2) is 0 Å². The van der Waals surface area contributed by atoms with Gasteiger partial charge in [-0.3, -0.25) is 10.1 Å². The second-order valence-electron chi connectivity index (χ2n) is 5.44. The molecule has 0 amide bonds. The maximum absolute atomic E-state index is 12.1. The number of esters is 1. The normalized spacial score (nSPS) is 19.3. The minimum Gasteiger partial charge on any atom is -0.468 e. The Kier molecular flexibility index (Phi) is 5.15. The number of ether oxygens (including phenoxy) is 1. The van der Waals surface area contributed by atoms with Gasteiger partial charge >= 0.3 is 5.97 Å². The van der Waals surface area contributed by atoms with E-state index in [4.69, 9.17) is 4.74 Å². The van der Waals surface area contributed by atoms with E-state index in [1.54, 1.807) is 0 Å². The number of aliphatic hydroxyl groups excluding tert-OH is 1. The molecule has 0 heterocycles. The van der Waals surface area contributed by atoms with Crippen LogP contribution in [0.25, 0.3) is 0 Å². The zero-order valence-electron chi connectivity index (χ0n) is 12.0. The van der Waals surface area contributed by atoms with Crippen LogP contribution in [0.2, 0.25) is 0 Å². The Labute approximate surface area is 120 Å². The van der Waals surface area contributed by atoms with Crippen molar-refractivity contribution in [1.82, 2.24) is 5.32 Å². The predicted octanol–water partition coefficient (Wildman–Crippen LogP) is 2.19. The first-order chi connectivity index (χ1) is 9.68. The Morgan fingerprint density at radius 3 is 2.55 bits per heavy atom. The summed E-state index contributed by atoms with van der Waals surface area (Å²) in [6.45, 7) is 0.360. The number of aliphatic hydroxyl groups is 1.